The molecule has 0 unspecified atom stereocenters. The molecule has 0 saturated heterocycles. The summed E-state index contributed by atoms with van der Waals surface area (Å²) in [6.07, 6.45) is 0. The van der Waals surface area contributed by atoms with Gasteiger partial charge in [-0.15, -0.1) is 0 Å². The Morgan fingerprint density at radius 3 is 2.61 bits per heavy atom. The Bertz CT molecular complexity index is 582. The van der Waals surface area contributed by atoms with Gasteiger partial charge in [0, 0.05) is 4.47 Å². The number of nitrogens with one attached hydrogen (secondary N) is 1. The number of nitrogens with two attached hydrogens (primary N) is 1. The number of anilines is 2. The largest absolute Gasteiger partial charge is 0.456 e. The Kier molecular flexibility index (Phi) is 3.43. The van der Waals surface area contributed by atoms with Crippen LogP contribution < -0.4 is 11.1 Å². The lowest BCUT2D eigenvalue weighted by Gasteiger charge is -2.11. The van der Waals surface area contributed by atoms with Crippen LogP contribution in [0.15, 0.2) is 33.2 Å². The third kappa shape index (κ3) is 2.56. The predicted molar refractivity (Wildman–Crippen MR) is 74.7 cm³/mol. The first-order valence-electron chi connectivity index (χ1n) is 5.41. The van der Waals surface area contributed by atoms with Gasteiger partial charge in [-0.25, -0.2) is 0 Å². The van der Waals surface area contributed by atoms with Gasteiger partial charge in [-0.2, -0.15) is 0 Å². The topological polar surface area (TPSA) is 68.3 Å². The van der Waals surface area contributed by atoms with Gasteiger partial charge in [0.05, 0.1) is 11.4 Å². The van der Waals surface area contributed by atoms with Gasteiger partial charge in [0.2, 0.25) is 0 Å². The summed E-state index contributed by atoms with van der Waals surface area (Å²) < 4.78 is 6.14. The lowest BCUT2D eigenvalue weighted by atomic mass is 10.1. The summed E-state index contributed by atoms with van der Waals surface area (Å²) in [5, 5.41) is 2.76. The average Bonchev–Trinajstić information content (AvgIpc) is 2.70. The second kappa shape index (κ2) is 4.86. The maximum atomic E-state index is 11.9. The summed E-state index contributed by atoms with van der Waals surface area (Å²) in [6, 6.07) is 7.01. The molecule has 94 valence electrons. The van der Waals surface area contributed by atoms with Gasteiger partial charge in [-0.1, -0.05) is 15.9 Å². The third-order valence-corrected chi connectivity index (χ3v) is 2.99. The number of halogens is 1. The SMILES string of the molecule is Cc1ccc(C(=O)Nc2c(C)cc(Br)cc2N)o1. The zero-order valence-corrected chi connectivity index (χ0v) is 11.7. The van der Waals surface area contributed by atoms with E-state index in [1.807, 2.05) is 13.0 Å². The molecular weight excluding hydrogens is 296 g/mol. The van der Waals surface area contributed by atoms with Crippen molar-refractivity contribution in [2.75, 3.05) is 11.1 Å². The van der Waals surface area contributed by atoms with Crippen molar-refractivity contribution >= 4 is 33.2 Å². The molecule has 3 N–H and O–H groups in total. The molecular formula is C13H13BrN2O2. The first-order valence-corrected chi connectivity index (χ1v) is 6.20. The van der Waals surface area contributed by atoms with Crippen LogP contribution in [0.1, 0.15) is 21.9 Å². The molecule has 0 saturated carbocycles. The Morgan fingerprint density at radius 2 is 2.06 bits per heavy atom. The summed E-state index contributed by atoms with van der Waals surface area (Å²) in [4.78, 5) is 11.9. The number of rotatable bonds is 2. The smallest absolute Gasteiger partial charge is 0.291 e. The fourth-order valence-electron chi connectivity index (χ4n) is 1.67. The lowest BCUT2D eigenvalue weighted by molar-refractivity contribution is 0.0995. The molecule has 18 heavy (non-hydrogen) atoms. The monoisotopic (exact) mass is 308 g/mol. The van der Waals surface area contributed by atoms with E-state index in [0.717, 1.165) is 10.0 Å². The maximum absolute atomic E-state index is 11.9. The molecule has 5 heteroatoms. The number of hydrogen-bond donors (Lipinski definition) is 2. The summed E-state index contributed by atoms with van der Waals surface area (Å²) in [5.74, 6) is 0.662. The lowest BCUT2D eigenvalue weighted by Crippen LogP contribution is -2.13. The highest BCUT2D eigenvalue weighted by molar-refractivity contribution is 9.10. The van der Waals surface area contributed by atoms with E-state index in [0.29, 0.717) is 17.1 Å². The Labute approximate surface area is 113 Å². The highest BCUT2D eigenvalue weighted by Gasteiger charge is 2.13. The summed E-state index contributed by atoms with van der Waals surface area (Å²) in [7, 11) is 0. The highest BCUT2D eigenvalue weighted by atomic mass is 79.9. The van der Waals surface area contributed by atoms with Crippen LogP contribution in [-0.2, 0) is 0 Å². The van der Waals surface area contributed by atoms with Crippen LogP contribution in [0.25, 0.3) is 0 Å². The van der Waals surface area contributed by atoms with Crippen molar-refractivity contribution in [3.05, 3.63) is 45.8 Å². The first kappa shape index (κ1) is 12.7. The summed E-state index contributed by atoms with van der Waals surface area (Å²) in [6.45, 7) is 3.67. The van der Waals surface area contributed by atoms with E-state index in [1.165, 1.54) is 0 Å². The molecule has 0 bridgehead atoms. The molecule has 2 rings (SSSR count). The minimum atomic E-state index is -0.305. The van der Waals surface area contributed by atoms with E-state index in [4.69, 9.17) is 10.2 Å². The molecule has 0 fully saturated rings. The Morgan fingerprint density at radius 1 is 1.33 bits per heavy atom. The number of amides is 1. The average molecular weight is 309 g/mol. The van der Waals surface area contributed by atoms with E-state index in [1.54, 1.807) is 25.1 Å². The Balaban J connectivity index is 2.27. The number of hydrogen-bond acceptors (Lipinski definition) is 3. The zero-order chi connectivity index (χ0) is 13.3. The van der Waals surface area contributed by atoms with Gasteiger partial charge in [0.1, 0.15) is 5.76 Å². The van der Waals surface area contributed by atoms with E-state index < -0.39 is 0 Å². The second-order valence-corrected chi connectivity index (χ2v) is 4.97. The van der Waals surface area contributed by atoms with Gasteiger partial charge in [0.15, 0.2) is 5.76 Å². The van der Waals surface area contributed by atoms with E-state index in [9.17, 15) is 4.79 Å². The standard InChI is InChI=1S/C13H13BrN2O2/c1-7-5-9(14)6-10(15)12(7)16-13(17)11-4-3-8(2)18-11/h3-6H,15H2,1-2H3,(H,16,17). The third-order valence-electron chi connectivity index (χ3n) is 2.53. The number of carbonyl (C=O) groups excluding carboxylic acids is 1. The fourth-order valence-corrected chi connectivity index (χ4v) is 2.26. The molecule has 2 aromatic rings. The maximum Gasteiger partial charge on any atom is 0.291 e. The number of nitrogen functional groups attached to an aromatic ring is 1. The fraction of sp³-hybridized carbons (Fsp3) is 0.154. The van der Waals surface area contributed by atoms with Crippen molar-refractivity contribution in [2.24, 2.45) is 0 Å². The Hall–Kier alpha value is -1.75. The molecule has 1 amide bonds. The van der Waals surface area contributed by atoms with Gasteiger partial charge < -0.3 is 15.5 Å². The van der Waals surface area contributed by atoms with Crippen LogP contribution >= 0.6 is 15.9 Å². The molecule has 4 nitrogen and oxygen atoms in total. The molecule has 0 spiro atoms. The number of furan rings is 1. The molecule has 1 aromatic carbocycles. The van der Waals surface area contributed by atoms with E-state index in [2.05, 4.69) is 21.2 Å². The van der Waals surface area contributed by atoms with Gasteiger partial charge in [-0.3, -0.25) is 4.79 Å². The zero-order valence-electron chi connectivity index (χ0n) is 10.1. The van der Waals surface area contributed by atoms with Crippen molar-refractivity contribution in [1.82, 2.24) is 0 Å². The van der Waals surface area contributed by atoms with Gasteiger partial charge in [0.25, 0.3) is 5.91 Å². The normalized spacial score (nSPS) is 10.4. The van der Waals surface area contributed by atoms with Crippen LogP contribution in [0.5, 0.6) is 0 Å². The van der Waals surface area contributed by atoms with E-state index >= 15 is 0 Å². The highest BCUT2D eigenvalue weighted by Crippen LogP contribution is 2.28. The summed E-state index contributed by atoms with van der Waals surface area (Å²) >= 11 is 3.35. The molecule has 0 aliphatic heterocycles. The van der Waals surface area contributed by atoms with Crippen LogP contribution in [0.3, 0.4) is 0 Å². The van der Waals surface area contributed by atoms with Crippen molar-refractivity contribution in [3.8, 4) is 0 Å². The van der Waals surface area contributed by atoms with Gasteiger partial charge >= 0.3 is 0 Å². The predicted octanol–water partition coefficient (Wildman–Crippen LogP) is 3.49. The van der Waals surface area contributed by atoms with Crippen LogP contribution in [0, 0.1) is 13.8 Å². The van der Waals surface area contributed by atoms with Crippen LogP contribution in [0.2, 0.25) is 0 Å². The molecule has 0 aliphatic rings. The first-order chi connectivity index (χ1) is 8.47. The van der Waals surface area contributed by atoms with Crippen molar-refractivity contribution in [3.63, 3.8) is 0 Å². The molecule has 0 atom stereocenters. The molecule has 1 aromatic heterocycles. The second-order valence-electron chi connectivity index (χ2n) is 4.05. The van der Waals surface area contributed by atoms with Crippen LogP contribution in [0.4, 0.5) is 11.4 Å². The molecule has 1 heterocycles. The van der Waals surface area contributed by atoms with Crippen molar-refractivity contribution in [2.45, 2.75) is 13.8 Å². The van der Waals surface area contributed by atoms with E-state index in [-0.39, 0.29) is 11.7 Å². The number of aryl methyl sites for hydroxylation is 2. The van der Waals surface area contributed by atoms with Gasteiger partial charge in [-0.05, 0) is 43.7 Å². The minimum absolute atomic E-state index is 0.272. The number of carbonyl (C=O) groups is 1. The van der Waals surface area contributed by atoms with Crippen LogP contribution in [-0.4, -0.2) is 5.91 Å². The van der Waals surface area contributed by atoms with Crippen molar-refractivity contribution < 1.29 is 9.21 Å². The minimum Gasteiger partial charge on any atom is -0.456 e. The quantitative estimate of drug-likeness (QED) is 0.834. The number of benzene rings is 1. The molecule has 0 aliphatic carbocycles. The molecule has 0 radical (unpaired) electrons. The summed E-state index contributed by atoms with van der Waals surface area (Å²) in [5.41, 5.74) is 7.89. The van der Waals surface area contributed by atoms with Crippen molar-refractivity contribution in [1.29, 1.82) is 0 Å².